The molecule has 0 spiro atoms. The summed E-state index contributed by atoms with van der Waals surface area (Å²) in [5.41, 5.74) is 3.94. The van der Waals surface area contributed by atoms with Gasteiger partial charge in [0.2, 0.25) is 5.91 Å². The number of hydrogen-bond donors (Lipinski definition) is 3. The zero-order valence-corrected chi connectivity index (χ0v) is 20.1. The first-order valence-corrected chi connectivity index (χ1v) is 12.0. The Hall–Kier alpha value is -3.73. The number of aliphatic imine (C=N–C) groups is 1. The van der Waals surface area contributed by atoms with E-state index in [2.05, 4.69) is 20.3 Å². The molecule has 1 aliphatic heterocycles. The average Bonchev–Trinajstić information content (AvgIpc) is 3.03. The Bertz CT molecular complexity index is 1260. The van der Waals surface area contributed by atoms with E-state index in [9.17, 15) is 22.8 Å². The van der Waals surface area contributed by atoms with Crippen molar-refractivity contribution in [2.45, 2.75) is 38.6 Å². The van der Waals surface area contributed by atoms with Gasteiger partial charge in [-0.2, -0.15) is 0 Å². The number of nitrogens with one attached hydrogen (secondary N) is 3. The van der Waals surface area contributed by atoms with Crippen molar-refractivity contribution in [3.05, 3.63) is 58.7 Å². The molecule has 2 aromatic carbocycles. The van der Waals surface area contributed by atoms with E-state index in [4.69, 9.17) is 4.74 Å². The Morgan fingerprint density at radius 3 is 2.38 bits per heavy atom. The summed E-state index contributed by atoms with van der Waals surface area (Å²) in [5, 5.41) is 5.15. The molecule has 3 rings (SSSR count). The normalized spacial score (nSPS) is 15.7. The lowest BCUT2D eigenvalue weighted by atomic mass is 10.1. The number of amides is 2. The minimum absolute atomic E-state index is 0.0304. The number of amidine groups is 1. The molecule has 1 heterocycles. The lowest BCUT2D eigenvalue weighted by Crippen LogP contribution is -2.36. The van der Waals surface area contributed by atoms with Crippen LogP contribution in [0, 0.1) is 20.8 Å². The quantitative estimate of drug-likeness (QED) is 0.504. The lowest BCUT2D eigenvalue weighted by Gasteiger charge is -2.13. The van der Waals surface area contributed by atoms with Gasteiger partial charge in [0.25, 0.3) is 15.9 Å². The van der Waals surface area contributed by atoms with Crippen molar-refractivity contribution in [1.82, 2.24) is 10.0 Å². The van der Waals surface area contributed by atoms with Crippen LogP contribution < -0.4 is 15.4 Å². The first-order chi connectivity index (χ1) is 16.0. The Morgan fingerprint density at radius 2 is 1.71 bits per heavy atom. The van der Waals surface area contributed by atoms with Gasteiger partial charge in [0.15, 0.2) is 6.61 Å². The molecule has 0 fully saturated rings. The Morgan fingerprint density at radius 1 is 1.06 bits per heavy atom. The molecule has 0 unspecified atom stereocenters. The van der Waals surface area contributed by atoms with Crippen LogP contribution in [0.3, 0.4) is 0 Å². The van der Waals surface area contributed by atoms with Crippen molar-refractivity contribution < 1.29 is 27.5 Å². The lowest BCUT2D eigenvalue weighted by molar-refractivity contribution is -0.149. The highest BCUT2D eigenvalue weighted by Gasteiger charge is 2.31. The van der Waals surface area contributed by atoms with E-state index in [-0.39, 0.29) is 17.3 Å². The number of carbonyl (C=O) groups is 3. The minimum atomic E-state index is -3.73. The highest BCUT2D eigenvalue weighted by Crippen LogP contribution is 2.23. The number of nitrogens with zero attached hydrogens (tertiary/aromatic N) is 1. The molecule has 0 aromatic heterocycles. The van der Waals surface area contributed by atoms with Gasteiger partial charge in [-0.3, -0.25) is 19.3 Å². The van der Waals surface area contributed by atoms with Gasteiger partial charge < -0.3 is 15.4 Å². The number of carbonyl (C=O) groups excluding carboxylic acids is 3. The van der Waals surface area contributed by atoms with E-state index >= 15 is 0 Å². The number of anilines is 1. The number of hydrogen-bond acceptors (Lipinski definition) is 7. The predicted octanol–water partition coefficient (Wildman–Crippen LogP) is 1.34. The van der Waals surface area contributed by atoms with E-state index in [0.717, 1.165) is 16.7 Å². The van der Waals surface area contributed by atoms with Crippen LogP contribution in [-0.2, 0) is 29.1 Å². The molecule has 0 radical (unpaired) electrons. The van der Waals surface area contributed by atoms with Gasteiger partial charge in [0, 0.05) is 11.3 Å². The third-order valence-corrected chi connectivity index (χ3v) is 6.46. The highest BCUT2D eigenvalue weighted by molar-refractivity contribution is 7.90. The van der Waals surface area contributed by atoms with Crippen LogP contribution in [0.1, 0.15) is 29.2 Å². The van der Waals surface area contributed by atoms with E-state index < -0.39 is 40.5 Å². The fraction of sp³-hybridized carbons (Fsp3) is 0.304. The molecule has 3 N–H and O–H groups in total. The van der Waals surface area contributed by atoms with Gasteiger partial charge in [-0.1, -0.05) is 29.8 Å². The summed E-state index contributed by atoms with van der Waals surface area (Å²) in [6, 6.07) is 9.07. The minimum Gasteiger partial charge on any atom is -0.454 e. The fourth-order valence-electron chi connectivity index (χ4n) is 3.52. The molecule has 2 amide bonds. The predicted molar refractivity (Wildman–Crippen MR) is 126 cm³/mol. The van der Waals surface area contributed by atoms with Gasteiger partial charge >= 0.3 is 5.97 Å². The van der Waals surface area contributed by atoms with E-state index in [0.29, 0.717) is 11.3 Å². The molecule has 0 saturated carbocycles. The van der Waals surface area contributed by atoms with E-state index in [1.165, 1.54) is 13.0 Å². The highest BCUT2D eigenvalue weighted by atomic mass is 32.2. The summed E-state index contributed by atoms with van der Waals surface area (Å²) >= 11 is 0. The molecule has 0 aliphatic carbocycles. The van der Waals surface area contributed by atoms with Gasteiger partial charge in [0.1, 0.15) is 11.9 Å². The third-order valence-electron chi connectivity index (χ3n) is 5.06. The molecule has 1 aliphatic rings. The number of ether oxygens (including phenoxy) is 1. The zero-order chi connectivity index (χ0) is 25.0. The van der Waals surface area contributed by atoms with Crippen molar-refractivity contribution in [1.29, 1.82) is 0 Å². The maximum absolute atomic E-state index is 12.2. The van der Waals surface area contributed by atoms with Crippen LogP contribution in [0.4, 0.5) is 5.69 Å². The van der Waals surface area contributed by atoms with Crippen LogP contribution >= 0.6 is 0 Å². The smallest absolute Gasteiger partial charge is 0.331 e. The Kier molecular flexibility index (Phi) is 7.35. The van der Waals surface area contributed by atoms with Crippen LogP contribution in [0.15, 0.2) is 46.3 Å². The SMILES string of the molecule is Cc1cc(C)c(NC(=O)CNC(=O)COC(=O)[C@H](C)N=C2NS(=O)(=O)c3ccccc32)c(C)c1. The summed E-state index contributed by atoms with van der Waals surface area (Å²) in [5.74, 6) is -1.86. The molecule has 10 nitrogen and oxygen atoms in total. The maximum Gasteiger partial charge on any atom is 0.331 e. The number of sulfonamides is 1. The van der Waals surface area contributed by atoms with Gasteiger partial charge in [0.05, 0.1) is 11.4 Å². The van der Waals surface area contributed by atoms with Crippen molar-refractivity contribution >= 4 is 39.3 Å². The van der Waals surface area contributed by atoms with Gasteiger partial charge in [-0.15, -0.1) is 0 Å². The molecular weight excluding hydrogens is 460 g/mol. The second-order valence-corrected chi connectivity index (χ2v) is 9.61. The van der Waals surface area contributed by atoms with Crippen LogP contribution in [0.5, 0.6) is 0 Å². The fourth-order valence-corrected chi connectivity index (χ4v) is 4.76. The average molecular weight is 487 g/mol. The number of esters is 1. The third kappa shape index (κ3) is 5.79. The molecule has 0 saturated heterocycles. The number of fused-ring (bicyclic) bond motifs is 1. The van der Waals surface area contributed by atoms with Crippen LogP contribution in [-0.4, -0.2) is 51.2 Å². The molecular formula is C23H26N4O6S. The van der Waals surface area contributed by atoms with Crippen molar-refractivity contribution in [3.8, 4) is 0 Å². The van der Waals surface area contributed by atoms with Crippen molar-refractivity contribution in [3.63, 3.8) is 0 Å². The molecule has 180 valence electrons. The number of rotatable bonds is 7. The van der Waals surface area contributed by atoms with Gasteiger partial charge in [-0.05, 0) is 51.0 Å². The number of aryl methyl sites for hydroxylation is 3. The van der Waals surface area contributed by atoms with Crippen molar-refractivity contribution in [2.75, 3.05) is 18.5 Å². The summed E-state index contributed by atoms with van der Waals surface area (Å²) in [7, 11) is -3.73. The number of benzene rings is 2. The van der Waals surface area contributed by atoms with E-state index in [1.807, 2.05) is 32.9 Å². The second kappa shape index (κ2) is 10.0. The maximum atomic E-state index is 12.2. The Labute approximate surface area is 197 Å². The topological polar surface area (TPSA) is 143 Å². The summed E-state index contributed by atoms with van der Waals surface area (Å²) in [6.45, 7) is 6.25. The largest absolute Gasteiger partial charge is 0.454 e. The molecule has 2 aromatic rings. The summed E-state index contributed by atoms with van der Waals surface area (Å²) in [4.78, 5) is 40.6. The standard InChI is InChI=1S/C23H26N4O6S/c1-13-9-14(2)21(15(3)10-13)26-19(28)11-24-20(29)12-33-23(30)16(4)25-22-17-7-5-6-8-18(17)34(31,32)27-22/h5-10,16H,11-12H2,1-4H3,(H,24,29)(H,25,27)(H,26,28)/t16-/m0/s1. The van der Waals surface area contributed by atoms with Crippen LogP contribution in [0.25, 0.3) is 0 Å². The Balaban J connectivity index is 1.49. The first kappa shape index (κ1) is 24.9. The van der Waals surface area contributed by atoms with Crippen LogP contribution in [0.2, 0.25) is 0 Å². The van der Waals surface area contributed by atoms with E-state index in [1.54, 1.807) is 18.2 Å². The van der Waals surface area contributed by atoms with Crippen molar-refractivity contribution in [2.24, 2.45) is 4.99 Å². The summed E-state index contributed by atoms with van der Waals surface area (Å²) in [6.07, 6.45) is 0. The first-order valence-electron chi connectivity index (χ1n) is 10.5. The summed E-state index contributed by atoms with van der Waals surface area (Å²) < 4.78 is 31.5. The zero-order valence-electron chi connectivity index (χ0n) is 19.3. The molecule has 1 atom stereocenters. The monoisotopic (exact) mass is 486 g/mol. The molecule has 11 heteroatoms. The van der Waals surface area contributed by atoms with Gasteiger partial charge in [-0.25, -0.2) is 13.2 Å². The molecule has 0 bridgehead atoms. The second-order valence-electron chi connectivity index (χ2n) is 7.96. The molecule has 34 heavy (non-hydrogen) atoms.